The van der Waals surface area contributed by atoms with Crippen LogP contribution in [0, 0.1) is 11.3 Å². The number of benzene rings is 2. The monoisotopic (exact) mass is 567 g/mol. The van der Waals surface area contributed by atoms with Crippen molar-refractivity contribution < 1.29 is 27.4 Å². The van der Waals surface area contributed by atoms with Gasteiger partial charge < -0.3 is 19.1 Å². The van der Waals surface area contributed by atoms with Crippen molar-refractivity contribution in [2.45, 2.75) is 64.7 Å². The number of hydrogen-bond acceptors (Lipinski definition) is 7. The number of ether oxygens (including phenoxy) is 3. The molecule has 10 heteroatoms. The summed E-state index contributed by atoms with van der Waals surface area (Å²) in [6.07, 6.45) is 5.15. The molecular formula is C30H37N3O6S. The van der Waals surface area contributed by atoms with Crippen molar-refractivity contribution in [1.82, 2.24) is 4.90 Å². The molecule has 0 spiro atoms. The smallest absolute Gasteiger partial charge is 0.410 e. The number of fused-ring (bicyclic) bond motifs is 1. The first kappa shape index (κ1) is 29.3. The molecule has 1 fully saturated rings. The predicted molar refractivity (Wildman–Crippen MR) is 154 cm³/mol. The molecule has 4 rings (SSSR count). The van der Waals surface area contributed by atoms with E-state index in [1.165, 1.54) is 4.31 Å². The van der Waals surface area contributed by atoms with Crippen LogP contribution in [-0.2, 0) is 21.2 Å². The van der Waals surface area contributed by atoms with Gasteiger partial charge in [0.25, 0.3) is 0 Å². The molecule has 0 aliphatic carbocycles. The number of sulfonamides is 1. The number of nitrogens with zero attached hydrogens (tertiary/aromatic N) is 3. The fourth-order valence-corrected chi connectivity index (χ4v) is 6.28. The number of anilines is 1. The molecule has 0 aromatic heterocycles. The summed E-state index contributed by atoms with van der Waals surface area (Å²) < 4.78 is 44.9. The number of likely N-dealkylation sites (tertiary alicyclic amines) is 1. The van der Waals surface area contributed by atoms with E-state index >= 15 is 0 Å². The average Bonchev–Trinajstić information content (AvgIpc) is 3.29. The molecular weight excluding hydrogens is 530 g/mol. The Bertz CT molecular complexity index is 1420. The normalized spacial score (nSPS) is 17.9. The molecule has 0 N–H and O–H groups in total. The van der Waals surface area contributed by atoms with Gasteiger partial charge in [-0.2, -0.15) is 5.26 Å². The largest absolute Gasteiger partial charge is 0.496 e. The molecule has 2 aliphatic rings. The summed E-state index contributed by atoms with van der Waals surface area (Å²) >= 11 is 0. The first-order chi connectivity index (χ1) is 18.9. The number of piperidine rings is 1. The van der Waals surface area contributed by atoms with Crippen molar-refractivity contribution in [3.63, 3.8) is 0 Å². The molecule has 2 heterocycles. The van der Waals surface area contributed by atoms with E-state index in [9.17, 15) is 18.5 Å². The minimum atomic E-state index is -3.55. The molecule has 0 saturated carbocycles. The zero-order valence-electron chi connectivity index (χ0n) is 23.7. The lowest BCUT2D eigenvalue weighted by Crippen LogP contribution is -2.44. The Morgan fingerprint density at radius 3 is 2.50 bits per heavy atom. The van der Waals surface area contributed by atoms with E-state index in [-0.39, 0.29) is 18.0 Å². The minimum absolute atomic E-state index is 0.0293. The summed E-state index contributed by atoms with van der Waals surface area (Å²) in [7, 11) is -2.00. The van der Waals surface area contributed by atoms with Gasteiger partial charge in [-0.25, -0.2) is 13.2 Å². The maximum absolute atomic E-state index is 13.1. The fraction of sp³-hybridized carbons (Fsp3) is 0.467. The van der Waals surface area contributed by atoms with Crippen LogP contribution in [0.4, 0.5) is 10.5 Å². The van der Waals surface area contributed by atoms with Crippen LogP contribution in [-0.4, -0.2) is 63.1 Å². The van der Waals surface area contributed by atoms with E-state index in [1.54, 1.807) is 43.2 Å². The van der Waals surface area contributed by atoms with E-state index in [2.05, 4.69) is 6.07 Å². The quantitative estimate of drug-likeness (QED) is 0.456. The Hall–Kier alpha value is -3.71. The van der Waals surface area contributed by atoms with E-state index in [1.807, 2.05) is 45.1 Å². The first-order valence-corrected chi connectivity index (χ1v) is 15.1. The zero-order valence-corrected chi connectivity index (χ0v) is 24.5. The van der Waals surface area contributed by atoms with Crippen molar-refractivity contribution >= 4 is 27.9 Å². The van der Waals surface area contributed by atoms with Crippen LogP contribution in [0.25, 0.3) is 6.08 Å². The van der Waals surface area contributed by atoms with Crippen molar-refractivity contribution in [1.29, 1.82) is 5.26 Å². The molecule has 1 atom stereocenters. The van der Waals surface area contributed by atoms with Gasteiger partial charge in [-0.1, -0.05) is 12.2 Å². The lowest BCUT2D eigenvalue weighted by atomic mass is 10.1. The second-order valence-corrected chi connectivity index (χ2v) is 13.1. The van der Waals surface area contributed by atoms with Gasteiger partial charge in [0.15, 0.2) is 0 Å². The number of hydrogen-bond donors (Lipinski definition) is 0. The van der Waals surface area contributed by atoms with Gasteiger partial charge in [-0.15, -0.1) is 0 Å². The number of rotatable bonds is 7. The van der Waals surface area contributed by atoms with Crippen LogP contribution in [0.2, 0.25) is 0 Å². The number of carbonyl (C=O) groups excluding carboxylic acids is 1. The van der Waals surface area contributed by atoms with Crippen molar-refractivity contribution in [2.24, 2.45) is 0 Å². The van der Waals surface area contributed by atoms with Crippen LogP contribution < -0.4 is 13.8 Å². The van der Waals surface area contributed by atoms with Gasteiger partial charge in [0.2, 0.25) is 10.0 Å². The lowest BCUT2D eigenvalue weighted by molar-refractivity contribution is 0.0126. The summed E-state index contributed by atoms with van der Waals surface area (Å²) in [6, 6.07) is 12.3. The molecule has 1 amide bonds. The lowest BCUT2D eigenvalue weighted by Gasteiger charge is -2.33. The molecule has 9 nitrogen and oxygen atoms in total. The average molecular weight is 568 g/mol. The maximum atomic E-state index is 13.1. The molecule has 2 aliphatic heterocycles. The van der Waals surface area contributed by atoms with E-state index < -0.39 is 21.7 Å². The Labute approximate surface area is 237 Å². The molecule has 1 unspecified atom stereocenters. The molecule has 0 bridgehead atoms. The fourth-order valence-electron chi connectivity index (χ4n) is 4.97. The maximum Gasteiger partial charge on any atom is 0.410 e. The third-order valence-corrected chi connectivity index (χ3v) is 8.73. The van der Waals surface area contributed by atoms with E-state index in [0.717, 1.165) is 5.56 Å². The highest BCUT2D eigenvalue weighted by molar-refractivity contribution is 7.92. The SMILES string of the molecule is CCS(=O)(=O)N1c2ccc(OC3CCN(C(=O)OC(C)(C)C)CC3)cc2CC1/C=C/c1cc(C#N)ccc1OC. The third kappa shape index (κ3) is 6.70. The van der Waals surface area contributed by atoms with Crippen LogP contribution in [0.1, 0.15) is 57.2 Å². The van der Waals surface area contributed by atoms with Crippen LogP contribution in [0.5, 0.6) is 11.5 Å². The minimum Gasteiger partial charge on any atom is -0.496 e. The van der Waals surface area contributed by atoms with Crippen molar-refractivity contribution in [3.8, 4) is 17.6 Å². The predicted octanol–water partition coefficient (Wildman–Crippen LogP) is 5.14. The standard InChI is InChI=1S/C30H37N3O6S/c1-6-40(35,36)33-24(9-8-22-17-21(20-31)7-12-28(22)37-5)18-23-19-26(10-11-27(23)33)38-25-13-15-32(16-14-25)29(34)39-30(2,3)4/h7-12,17,19,24-25H,6,13-16,18H2,1-5H3/b9-8+. The Morgan fingerprint density at radius 1 is 1.15 bits per heavy atom. The van der Waals surface area contributed by atoms with E-state index in [0.29, 0.717) is 60.7 Å². The van der Waals surface area contributed by atoms with Gasteiger partial charge >= 0.3 is 6.09 Å². The molecule has 2 aromatic carbocycles. The highest BCUT2D eigenvalue weighted by Gasteiger charge is 2.36. The number of amides is 1. The zero-order chi connectivity index (χ0) is 29.1. The topological polar surface area (TPSA) is 109 Å². The molecule has 0 radical (unpaired) electrons. The molecule has 2 aromatic rings. The second-order valence-electron chi connectivity index (χ2n) is 11.0. The van der Waals surface area contributed by atoms with Crippen molar-refractivity contribution in [3.05, 3.63) is 59.2 Å². The number of carbonyl (C=O) groups is 1. The summed E-state index contributed by atoms with van der Waals surface area (Å²) in [6.45, 7) is 8.29. The van der Waals surface area contributed by atoms with Gasteiger partial charge in [-0.05, 0) is 76.1 Å². The second kappa shape index (κ2) is 11.8. The molecule has 1 saturated heterocycles. The summed E-state index contributed by atoms with van der Waals surface area (Å²) in [5, 5.41) is 9.29. The van der Waals surface area contributed by atoms with Crippen LogP contribution in [0.15, 0.2) is 42.5 Å². The first-order valence-electron chi connectivity index (χ1n) is 13.5. The van der Waals surface area contributed by atoms with Gasteiger partial charge in [0.05, 0.1) is 36.2 Å². The van der Waals surface area contributed by atoms with Gasteiger partial charge in [0, 0.05) is 31.5 Å². The van der Waals surface area contributed by atoms with Gasteiger partial charge in [-0.3, -0.25) is 4.31 Å². The summed E-state index contributed by atoms with van der Waals surface area (Å²) in [5.41, 5.74) is 2.18. The van der Waals surface area contributed by atoms with E-state index in [4.69, 9.17) is 14.2 Å². The Morgan fingerprint density at radius 2 is 1.88 bits per heavy atom. The number of methoxy groups -OCH3 is 1. The van der Waals surface area contributed by atoms with Crippen LogP contribution in [0.3, 0.4) is 0 Å². The third-order valence-electron chi connectivity index (χ3n) is 6.94. The molecule has 214 valence electrons. The highest BCUT2D eigenvalue weighted by atomic mass is 32.2. The van der Waals surface area contributed by atoms with Crippen molar-refractivity contribution in [2.75, 3.05) is 30.3 Å². The van der Waals surface area contributed by atoms with Gasteiger partial charge in [0.1, 0.15) is 23.2 Å². The summed E-state index contributed by atoms with van der Waals surface area (Å²) in [4.78, 5) is 14.1. The van der Waals surface area contributed by atoms with Crippen LogP contribution >= 0.6 is 0 Å². The molecule has 40 heavy (non-hydrogen) atoms. The Balaban J connectivity index is 1.50. The Kier molecular flexibility index (Phi) is 8.64. The highest BCUT2D eigenvalue weighted by Crippen LogP contribution is 2.38. The summed E-state index contributed by atoms with van der Waals surface area (Å²) in [5.74, 6) is 1.25. The number of nitriles is 1.